The van der Waals surface area contributed by atoms with Gasteiger partial charge in [-0.1, -0.05) is 0 Å². The molecule has 2 heteroatoms. The minimum Gasteiger partial charge on any atom is -0.121 e. The van der Waals surface area contributed by atoms with Gasteiger partial charge in [0.2, 0.25) is 0 Å². The van der Waals surface area contributed by atoms with E-state index in [1.54, 1.807) is 0 Å². The maximum atomic E-state index is 5.89. The summed E-state index contributed by atoms with van der Waals surface area (Å²) >= 11 is 11.6. The molecule has 2 bridgehead atoms. The van der Waals surface area contributed by atoms with E-state index in [0.29, 0.717) is 5.38 Å². The first kappa shape index (κ1) is 4.46. The molecule has 0 aromatic heterocycles. The molecule has 0 heterocycles. The Bertz CT molecular complexity index is 105. The van der Waals surface area contributed by atoms with E-state index in [4.69, 9.17) is 23.2 Å². The smallest absolute Gasteiger partial charge is 0.0618 e. The monoisotopic (exact) mass is 136 g/mol. The van der Waals surface area contributed by atoms with Gasteiger partial charge in [-0.15, -0.1) is 23.2 Å². The Kier molecular flexibility index (Phi) is 0.614. The van der Waals surface area contributed by atoms with E-state index in [2.05, 4.69) is 0 Å². The Labute approximate surface area is 52.8 Å². The molecule has 0 amide bonds. The molecule has 1 atom stereocenters. The van der Waals surface area contributed by atoms with Gasteiger partial charge in [0.25, 0.3) is 0 Å². The van der Waals surface area contributed by atoms with Crippen LogP contribution in [0.2, 0.25) is 0 Å². The Morgan fingerprint density at radius 2 is 1.86 bits per heavy atom. The molecule has 0 nitrogen and oxygen atoms in total. The molecule has 7 heavy (non-hydrogen) atoms. The van der Waals surface area contributed by atoms with Crippen LogP contribution in [-0.4, -0.2) is 10.3 Å². The fourth-order valence-electron chi connectivity index (χ4n) is 1.35. The molecule has 0 saturated heterocycles. The molecule has 3 aliphatic carbocycles. The first-order chi connectivity index (χ1) is 3.22. The van der Waals surface area contributed by atoms with Crippen molar-refractivity contribution in [3.05, 3.63) is 0 Å². The lowest BCUT2D eigenvalue weighted by Crippen LogP contribution is -2.64. The van der Waals surface area contributed by atoms with Gasteiger partial charge in [0.1, 0.15) is 0 Å². The minimum atomic E-state index is 0.0617. The Morgan fingerprint density at radius 1 is 1.43 bits per heavy atom. The fraction of sp³-hybridized carbons (Fsp3) is 1.00. The lowest BCUT2D eigenvalue weighted by atomic mass is 9.55. The van der Waals surface area contributed by atoms with Crippen LogP contribution in [0.4, 0.5) is 0 Å². The predicted octanol–water partition coefficient (Wildman–Crippen LogP) is 2.00. The van der Waals surface area contributed by atoms with Crippen molar-refractivity contribution < 1.29 is 0 Å². The quantitative estimate of drug-likeness (QED) is 0.448. The second-order valence-electron chi connectivity index (χ2n) is 2.60. The van der Waals surface area contributed by atoms with E-state index in [-0.39, 0.29) is 4.87 Å². The lowest BCUT2D eigenvalue weighted by molar-refractivity contribution is 0.0597. The fourth-order valence-corrected chi connectivity index (χ4v) is 2.28. The van der Waals surface area contributed by atoms with Crippen molar-refractivity contribution in [2.75, 3.05) is 0 Å². The molecule has 3 aliphatic rings. The maximum absolute atomic E-state index is 5.89. The number of alkyl halides is 2. The summed E-state index contributed by atoms with van der Waals surface area (Å²) < 4.78 is 0. The molecule has 0 N–H and O–H groups in total. The highest BCUT2D eigenvalue weighted by Gasteiger charge is 2.63. The van der Waals surface area contributed by atoms with Gasteiger partial charge in [-0.3, -0.25) is 0 Å². The van der Waals surface area contributed by atoms with Crippen LogP contribution in [0, 0.1) is 5.92 Å². The molecule has 1 unspecified atom stereocenters. The summed E-state index contributed by atoms with van der Waals surface area (Å²) in [6.07, 6.45) is 2.34. The molecule has 0 radical (unpaired) electrons. The van der Waals surface area contributed by atoms with Gasteiger partial charge < -0.3 is 0 Å². The van der Waals surface area contributed by atoms with Gasteiger partial charge in [-0.2, -0.15) is 0 Å². The summed E-state index contributed by atoms with van der Waals surface area (Å²) in [6.45, 7) is 0. The van der Waals surface area contributed by atoms with E-state index < -0.39 is 0 Å². The molecule has 3 rings (SSSR count). The van der Waals surface area contributed by atoms with Crippen LogP contribution in [0.25, 0.3) is 0 Å². The predicted molar refractivity (Wildman–Crippen MR) is 30.9 cm³/mol. The summed E-state index contributed by atoms with van der Waals surface area (Å²) in [5.74, 6) is 0.777. The molecule has 3 fully saturated rings. The van der Waals surface area contributed by atoms with Crippen molar-refractivity contribution in [3.8, 4) is 0 Å². The van der Waals surface area contributed by atoms with E-state index in [1.807, 2.05) is 0 Å². The first-order valence-electron chi connectivity index (χ1n) is 2.55. The summed E-state index contributed by atoms with van der Waals surface area (Å²) in [4.78, 5) is 0.0617. The number of rotatable bonds is 0. The molecule has 0 aromatic carbocycles. The molecular formula is C5H6Cl2. The highest BCUT2D eigenvalue weighted by atomic mass is 35.5. The Balaban J connectivity index is 2.17. The van der Waals surface area contributed by atoms with Crippen molar-refractivity contribution >= 4 is 23.2 Å². The maximum Gasteiger partial charge on any atom is 0.0618 e. The van der Waals surface area contributed by atoms with Crippen molar-refractivity contribution in [1.82, 2.24) is 0 Å². The van der Waals surface area contributed by atoms with Gasteiger partial charge >= 0.3 is 0 Å². The molecule has 3 saturated carbocycles. The lowest BCUT2D eigenvalue weighted by Gasteiger charge is -2.61. The van der Waals surface area contributed by atoms with Gasteiger partial charge in [0, 0.05) is 0 Å². The molecule has 0 aliphatic heterocycles. The van der Waals surface area contributed by atoms with Gasteiger partial charge in [-0.05, 0) is 18.8 Å². The zero-order valence-corrected chi connectivity index (χ0v) is 5.34. The second-order valence-corrected chi connectivity index (χ2v) is 3.83. The summed E-state index contributed by atoms with van der Waals surface area (Å²) in [5, 5.41) is 0.314. The zero-order chi connectivity index (χ0) is 5.07. The van der Waals surface area contributed by atoms with Crippen LogP contribution >= 0.6 is 23.2 Å². The summed E-state index contributed by atoms with van der Waals surface area (Å²) in [5.41, 5.74) is 0. The normalized spacial score (nSPS) is 66.0. The molecule has 0 aromatic rings. The van der Waals surface area contributed by atoms with Crippen LogP contribution in [-0.2, 0) is 0 Å². The third-order valence-electron chi connectivity index (χ3n) is 2.11. The zero-order valence-electron chi connectivity index (χ0n) is 3.82. The molecular weight excluding hydrogens is 131 g/mol. The van der Waals surface area contributed by atoms with Crippen LogP contribution in [0.5, 0.6) is 0 Å². The van der Waals surface area contributed by atoms with Crippen LogP contribution in [0.1, 0.15) is 12.8 Å². The van der Waals surface area contributed by atoms with Crippen molar-refractivity contribution in [2.45, 2.75) is 23.1 Å². The number of halogens is 2. The highest BCUT2D eigenvalue weighted by molar-refractivity contribution is 6.35. The summed E-state index contributed by atoms with van der Waals surface area (Å²) in [7, 11) is 0. The Hall–Kier alpha value is 0.580. The van der Waals surface area contributed by atoms with E-state index in [9.17, 15) is 0 Å². The first-order valence-corrected chi connectivity index (χ1v) is 3.37. The van der Waals surface area contributed by atoms with Crippen molar-refractivity contribution in [3.63, 3.8) is 0 Å². The third kappa shape index (κ3) is 0.326. The standard InChI is InChI=1S/C5H6Cl2/c6-4-3-1-5(4,7)2-3/h3-4H,1-2H2. The average molecular weight is 137 g/mol. The van der Waals surface area contributed by atoms with Gasteiger partial charge in [-0.25, -0.2) is 0 Å². The SMILES string of the molecule is ClC1C2CC1(Cl)C2. The minimum absolute atomic E-state index is 0.0617. The van der Waals surface area contributed by atoms with E-state index in [1.165, 1.54) is 12.8 Å². The third-order valence-corrected chi connectivity index (χ3v) is 3.54. The topological polar surface area (TPSA) is 0 Å². The number of hydrogen-bond acceptors (Lipinski definition) is 0. The van der Waals surface area contributed by atoms with E-state index in [0.717, 1.165) is 5.92 Å². The largest absolute Gasteiger partial charge is 0.121 e. The summed E-state index contributed by atoms with van der Waals surface area (Å²) in [6, 6.07) is 0. The average Bonchev–Trinajstić information content (AvgIpc) is 1.62. The second kappa shape index (κ2) is 0.964. The highest BCUT2D eigenvalue weighted by Crippen LogP contribution is 2.64. The van der Waals surface area contributed by atoms with Crippen LogP contribution in [0.15, 0.2) is 0 Å². The van der Waals surface area contributed by atoms with Crippen LogP contribution < -0.4 is 0 Å². The van der Waals surface area contributed by atoms with Crippen molar-refractivity contribution in [2.24, 2.45) is 5.92 Å². The van der Waals surface area contributed by atoms with Gasteiger partial charge in [0.15, 0.2) is 0 Å². The van der Waals surface area contributed by atoms with Gasteiger partial charge in [0.05, 0.1) is 10.3 Å². The van der Waals surface area contributed by atoms with Crippen molar-refractivity contribution in [1.29, 1.82) is 0 Å². The number of hydrogen-bond donors (Lipinski definition) is 0. The van der Waals surface area contributed by atoms with Crippen LogP contribution in [0.3, 0.4) is 0 Å². The Morgan fingerprint density at radius 3 is 1.86 bits per heavy atom. The molecule has 0 spiro atoms. The van der Waals surface area contributed by atoms with E-state index >= 15 is 0 Å². The molecule has 40 valence electrons.